The molecule has 0 bridgehead atoms. The molecule has 9 heteroatoms. The summed E-state index contributed by atoms with van der Waals surface area (Å²) < 4.78 is 31.7. The molecular formula is C27H24F2N6O. The Morgan fingerprint density at radius 3 is 2.72 bits per heavy atom. The van der Waals surface area contributed by atoms with Gasteiger partial charge in [-0.2, -0.15) is 0 Å². The van der Waals surface area contributed by atoms with E-state index in [-0.39, 0.29) is 29.0 Å². The van der Waals surface area contributed by atoms with Gasteiger partial charge in [-0.3, -0.25) is 4.79 Å². The number of anilines is 2. The third kappa shape index (κ3) is 4.00. The standard InChI is InChI=1S/C27H24F2N6O/c1-14-7-20(21(28)9-24(14)35-12-23(32-13-35)16-3-4-16)25-30-11-22(29)26(34-25)33-17-5-6-18-19(8-17)15(2)10-31-27(18)36/h5-9,11-13,15-16H,3-4,10H2,1-2H3,(H,31,36)(H,30,33,34). The fourth-order valence-corrected chi connectivity index (χ4v) is 4.61. The second kappa shape index (κ2) is 8.51. The van der Waals surface area contributed by atoms with Crippen molar-refractivity contribution in [3.05, 3.63) is 83.1 Å². The fourth-order valence-electron chi connectivity index (χ4n) is 4.61. The predicted molar refractivity (Wildman–Crippen MR) is 132 cm³/mol. The van der Waals surface area contributed by atoms with Crippen LogP contribution in [0.3, 0.4) is 0 Å². The Morgan fingerprint density at radius 1 is 1.08 bits per heavy atom. The van der Waals surface area contributed by atoms with Crippen molar-refractivity contribution in [3.63, 3.8) is 0 Å². The van der Waals surface area contributed by atoms with Gasteiger partial charge in [0.15, 0.2) is 17.5 Å². The van der Waals surface area contributed by atoms with Crippen LogP contribution in [0.15, 0.2) is 49.1 Å². The summed E-state index contributed by atoms with van der Waals surface area (Å²) >= 11 is 0. The molecule has 3 heterocycles. The monoisotopic (exact) mass is 486 g/mol. The molecule has 7 nitrogen and oxygen atoms in total. The molecule has 1 unspecified atom stereocenters. The topological polar surface area (TPSA) is 84.7 Å². The number of nitrogens with one attached hydrogen (secondary N) is 2. The van der Waals surface area contributed by atoms with Crippen LogP contribution in [0.25, 0.3) is 17.1 Å². The van der Waals surface area contributed by atoms with Gasteiger partial charge in [0.25, 0.3) is 5.91 Å². The van der Waals surface area contributed by atoms with Crippen molar-refractivity contribution in [1.29, 1.82) is 0 Å². The lowest BCUT2D eigenvalue weighted by molar-refractivity contribution is 0.0941. The van der Waals surface area contributed by atoms with E-state index in [1.54, 1.807) is 24.5 Å². The molecule has 2 aromatic heterocycles. The maximum Gasteiger partial charge on any atom is 0.251 e. The summed E-state index contributed by atoms with van der Waals surface area (Å²) in [6.07, 6.45) is 6.95. The number of fused-ring (bicyclic) bond motifs is 1. The number of halogens is 2. The van der Waals surface area contributed by atoms with Crippen LogP contribution in [0.5, 0.6) is 0 Å². The van der Waals surface area contributed by atoms with E-state index < -0.39 is 11.6 Å². The van der Waals surface area contributed by atoms with Gasteiger partial charge in [-0.25, -0.2) is 23.7 Å². The van der Waals surface area contributed by atoms with Crippen LogP contribution in [0, 0.1) is 18.6 Å². The molecule has 1 aliphatic carbocycles. The molecule has 182 valence electrons. The van der Waals surface area contributed by atoms with Crippen LogP contribution in [-0.2, 0) is 0 Å². The van der Waals surface area contributed by atoms with Gasteiger partial charge >= 0.3 is 0 Å². The molecule has 6 rings (SSSR count). The van der Waals surface area contributed by atoms with Crippen LogP contribution in [-0.4, -0.2) is 32.0 Å². The summed E-state index contributed by atoms with van der Waals surface area (Å²) in [5.74, 6) is -0.676. The third-order valence-electron chi connectivity index (χ3n) is 6.81. The minimum Gasteiger partial charge on any atom is -0.351 e. The Hall–Kier alpha value is -4.14. The number of aromatic nitrogens is 4. The molecule has 1 aliphatic heterocycles. The first-order valence-corrected chi connectivity index (χ1v) is 11.9. The lowest BCUT2D eigenvalue weighted by atomic mass is 9.91. The van der Waals surface area contributed by atoms with Crippen molar-refractivity contribution in [2.24, 2.45) is 0 Å². The zero-order chi connectivity index (χ0) is 25.0. The highest BCUT2D eigenvalue weighted by molar-refractivity contribution is 5.97. The number of aryl methyl sites for hydroxylation is 1. The van der Waals surface area contributed by atoms with Crippen molar-refractivity contribution >= 4 is 17.4 Å². The number of carbonyl (C=O) groups excluding carboxylic acids is 1. The number of hydrogen-bond acceptors (Lipinski definition) is 5. The van der Waals surface area contributed by atoms with Crippen LogP contribution >= 0.6 is 0 Å². The molecule has 0 spiro atoms. The highest BCUT2D eigenvalue weighted by Gasteiger charge is 2.26. The first-order chi connectivity index (χ1) is 17.4. The van der Waals surface area contributed by atoms with E-state index in [0.717, 1.165) is 35.9 Å². The van der Waals surface area contributed by atoms with Crippen molar-refractivity contribution in [3.8, 4) is 17.1 Å². The van der Waals surface area contributed by atoms with E-state index in [9.17, 15) is 9.18 Å². The molecule has 36 heavy (non-hydrogen) atoms. The second-order valence-electron chi connectivity index (χ2n) is 9.53. The predicted octanol–water partition coefficient (Wildman–Crippen LogP) is 5.38. The molecule has 0 radical (unpaired) electrons. The number of imidazole rings is 1. The Balaban J connectivity index is 1.31. The van der Waals surface area contributed by atoms with E-state index in [1.807, 2.05) is 30.7 Å². The number of carbonyl (C=O) groups is 1. The van der Waals surface area contributed by atoms with Gasteiger partial charge in [-0.15, -0.1) is 0 Å². The molecule has 1 atom stereocenters. The average Bonchev–Trinajstić information content (AvgIpc) is 3.61. The first-order valence-electron chi connectivity index (χ1n) is 11.9. The van der Waals surface area contributed by atoms with Crippen LogP contribution in [0.1, 0.15) is 58.8 Å². The number of benzene rings is 2. The number of rotatable bonds is 5. The van der Waals surface area contributed by atoms with Gasteiger partial charge in [0.1, 0.15) is 5.82 Å². The van der Waals surface area contributed by atoms with Gasteiger partial charge < -0.3 is 15.2 Å². The van der Waals surface area contributed by atoms with Crippen molar-refractivity contribution < 1.29 is 13.6 Å². The van der Waals surface area contributed by atoms with E-state index in [1.165, 1.54) is 6.07 Å². The summed E-state index contributed by atoms with van der Waals surface area (Å²) in [6.45, 7) is 4.43. The summed E-state index contributed by atoms with van der Waals surface area (Å²) in [4.78, 5) is 24.9. The summed E-state index contributed by atoms with van der Waals surface area (Å²) in [5.41, 5.74) is 4.76. The summed E-state index contributed by atoms with van der Waals surface area (Å²) in [7, 11) is 0. The first kappa shape index (κ1) is 22.3. The highest BCUT2D eigenvalue weighted by Crippen LogP contribution is 2.39. The van der Waals surface area contributed by atoms with E-state index in [0.29, 0.717) is 29.4 Å². The minimum absolute atomic E-state index is 0.0704. The third-order valence-corrected chi connectivity index (χ3v) is 6.81. The lowest BCUT2D eigenvalue weighted by Gasteiger charge is -2.23. The Morgan fingerprint density at radius 2 is 1.92 bits per heavy atom. The van der Waals surface area contributed by atoms with Gasteiger partial charge in [-0.1, -0.05) is 6.92 Å². The summed E-state index contributed by atoms with van der Waals surface area (Å²) in [6, 6.07) is 8.31. The van der Waals surface area contributed by atoms with Gasteiger partial charge in [0.05, 0.1) is 29.5 Å². The highest BCUT2D eigenvalue weighted by atomic mass is 19.1. The second-order valence-corrected chi connectivity index (χ2v) is 9.53. The molecule has 1 amide bonds. The zero-order valence-electron chi connectivity index (χ0n) is 19.8. The van der Waals surface area contributed by atoms with Crippen molar-refractivity contribution in [2.45, 2.75) is 38.5 Å². The van der Waals surface area contributed by atoms with Gasteiger partial charge in [0.2, 0.25) is 0 Å². The normalized spacial score (nSPS) is 17.0. The SMILES string of the molecule is Cc1cc(-c2ncc(F)c(Nc3ccc4c(c3)C(C)CNC4=O)n2)c(F)cc1-n1cnc(C2CC2)c1. The molecule has 1 fully saturated rings. The van der Waals surface area contributed by atoms with Crippen LogP contribution < -0.4 is 10.6 Å². The van der Waals surface area contributed by atoms with Crippen LogP contribution in [0.2, 0.25) is 0 Å². The maximum atomic E-state index is 15.2. The Bertz CT molecular complexity index is 1510. The molecule has 2 aromatic carbocycles. The lowest BCUT2D eigenvalue weighted by Crippen LogP contribution is -2.33. The molecule has 4 aromatic rings. The molecule has 2 aliphatic rings. The Kier molecular flexibility index (Phi) is 5.28. The molecule has 1 saturated carbocycles. The van der Waals surface area contributed by atoms with E-state index in [4.69, 9.17) is 0 Å². The smallest absolute Gasteiger partial charge is 0.251 e. The zero-order valence-corrected chi connectivity index (χ0v) is 19.8. The number of amides is 1. The molecular weight excluding hydrogens is 462 g/mol. The molecule has 0 saturated heterocycles. The van der Waals surface area contributed by atoms with Gasteiger partial charge in [0, 0.05) is 29.9 Å². The van der Waals surface area contributed by atoms with Crippen molar-refractivity contribution in [1.82, 2.24) is 24.8 Å². The van der Waals surface area contributed by atoms with Gasteiger partial charge in [-0.05, 0) is 67.1 Å². The molecule has 2 N–H and O–H groups in total. The van der Waals surface area contributed by atoms with E-state index >= 15 is 4.39 Å². The number of nitrogens with zero attached hydrogens (tertiary/aromatic N) is 4. The maximum absolute atomic E-state index is 15.2. The largest absolute Gasteiger partial charge is 0.351 e. The number of hydrogen-bond donors (Lipinski definition) is 2. The van der Waals surface area contributed by atoms with Crippen LogP contribution in [0.4, 0.5) is 20.3 Å². The van der Waals surface area contributed by atoms with Crippen molar-refractivity contribution in [2.75, 3.05) is 11.9 Å². The average molecular weight is 487 g/mol. The van der Waals surface area contributed by atoms with E-state index in [2.05, 4.69) is 25.6 Å². The Labute approximate surface area is 206 Å². The minimum atomic E-state index is -0.665. The quantitative estimate of drug-likeness (QED) is 0.396. The summed E-state index contributed by atoms with van der Waals surface area (Å²) in [5, 5.41) is 5.81. The fraction of sp³-hybridized carbons (Fsp3) is 0.259.